The van der Waals surface area contributed by atoms with Crippen LogP contribution in [-0.2, 0) is 0 Å². The molecule has 2 rings (SSSR count). The quantitative estimate of drug-likeness (QED) is 0.562. The summed E-state index contributed by atoms with van der Waals surface area (Å²) in [6.07, 6.45) is 1.72. The molecule has 2 saturated carbocycles. The Bertz CT molecular complexity index is 149. The molecule has 10 heavy (non-hydrogen) atoms. The highest BCUT2D eigenvalue weighted by molar-refractivity contribution is 6.30. The number of hydrogen-bond donors (Lipinski definition) is 1. The molecule has 0 radical (unpaired) electrons. The minimum atomic E-state index is -0.178. The highest BCUT2D eigenvalue weighted by Gasteiger charge is 2.50. The average Bonchev–Trinajstić information content (AvgIpc) is 2.36. The van der Waals surface area contributed by atoms with Gasteiger partial charge >= 0.3 is 0 Å². The fourth-order valence-corrected chi connectivity index (χ4v) is 3.06. The maximum absolute atomic E-state index is 9.36. The smallest absolute Gasteiger partial charge is 0.0586 e. The van der Waals surface area contributed by atoms with E-state index in [9.17, 15) is 5.11 Å². The fraction of sp³-hybridized carbons (Fsp3) is 1.00. The molecule has 2 fully saturated rings. The molecule has 5 atom stereocenters. The summed E-state index contributed by atoms with van der Waals surface area (Å²) in [7, 11) is 0. The third kappa shape index (κ3) is 0.806. The average molecular weight is 181 g/mol. The van der Waals surface area contributed by atoms with Crippen LogP contribution in [0.3, 0.4) is 0 Å². The minimum Gasteiger partial charge on any atom is -0.393 e. The van der Waals surface area contributed by atoms with Crippen LogP contribution in [0.1, 0.15) is 12.8 Å². The van der Waals surface area contributed by atoms with Crippen molar-refractivity contribution in [2.24, 2.45) is 11.8 Å². The molecule has 0 heterocycles. The Morgan fingerprint density at radius 2 is 1.80 bits per heavy atom. The molecular formula is C7H10Cl2O. The van der Waals surface area contributed by atoms with Gasteiger partial charge in [0.25, 0.3) is 0 Å². The Hall–Kier alpha value is 0.540. The molecule has 0 spiro atoms. The Morgan fingerprint density at radius 1 is 1.10 bits per heavy atom. The third-order valence-corrected chi connectivity index (χ3v) is 4.13. The molecule has 0 unspecified atom stereocenters. The van der Waals surface area contributed by atoms with Crippen molar-refractivity contribution in [2.45, 2.75) is 29.7 Å². The summed E-state index contributed by atoms with van der Waals surface area (Å²) in [5.74, 6) is 0.748. The van der Waals surface area contributed by atoms with E-state index in [1.54, 1.807) is 0 Å². The van der Waals surface area contributed by atoms with Crippen molar-refractivity contribution in [3.05, 3.63) is 0 Å². The maximum atomic E-state index is 9.36. The number of fused-ring (bicyclic) bond motifs is 2. The van der Waals surface area contributed by atoms with Crippen LogP contribution in [0.15, 0.2) is 0 Å². The molecule has 0 aromatic rings. The highest BCUT2D eigenvalue weighted by Crippen LogP contribution is 2.49. The lowest BCUT2D eigenvalue weighted by atomic mass is 9.97. The van der Waals surface area contributed by atoms with E-state index in [1.807, 2.05) is 0 Å². The first-order valence-corrected chi connectivity index (χ1v) is 4.53. The first-order chi connectivity index (χ1) is 4.70. The van der Waals surface area contributed by atoms with Crippen molar-refractivity contribution in [1.82, 2.24) is 0 Å². The summed E-state index contributed by atoms with van der Waals surface area (Å²) in [6.45, 7) is 0. The van der Waals surface area contributed by atoms with Gasteiger partial charge in [-0.25, -0.2) is 0 Å². The summed E-state index contributed by atoms with van der Waals surface area (Å²) in [6, 6.07) is 0. The summed E-state index contributed by atoms with van der Waals surface area (Å²) < 4.78 is 0. The molecule has 0 saturated heterocycles. The number of aliphatic hydroxyl groups excluding tert-OH is 1. The Morgan fingerprint density at radius 3 is 2.20 bits per heavy atom. The van der Waals surface area contributed by atoms with Gasteiger partial charge in [-0.05, 0) is 18.8 Å². The lowest BCUT2D eigenvalue weighted by Gasteiger charge is -2.24. The topological polar surface area (TPSA) is 20.2 Å². The van der Waals surface area contributed by atoms with Crippen molar-refractivity contribution in [3.8, 4) is 0 Å². The van der Waals surface area contributed by atoms with Crippen LogP contribution < -0.4 is 0 Å². The molecule has 2 bridgehead atoms. The zero-order valence-electron chi connectivity index (χ0n) is 5.50. The molecule has 0 aromatic carbocycles. The largest absolute Gasteiger partial charge is 0.393 e. The molecule has 58 valence electrons. The van der Waals surface area contributed by atoms with Gasteiger partial charge in [-0.15, -0.1) is 23.2 Å². The minimum absolute atomic E-state index is 0.00965. The van der Waals surface area contributed by atoms with Crippen LogP contribution in [0.2, 0.25) is 0 Å². The van der Waals surface area contributed by atoms with E-state index in [0.717, 1.165) is 12.8 Å². The van der Waals surface area contributed by atoms with Gasteiger partial charge in [0.2, 0.25) is 0 Å². The van der Waals surface area contributed by atoms with Gasteiger partial charge in [0, 0.05) is 5.92 Å². The van der Waals surface area contributed by atoms with Gasteiger partial charge in [0.1, 0.15) is 0 Å². The Balaban J connectivity index is 2.16. The molecule has 0 amide bonds. The van der Waals surface area contributed by atoms with Crippen molar-refractivity contribution in [2.75, 3.05) is 0 Å². The van der Waals surface area contributed by atoms with Crippen LogP contribution in [0.25, 0.3) is 0 Å². The van der Waals surface area contributed by atoms with Crippen LogP contribution >= 0.6 is 23.2 Å². The van der Waals surface area contributed by atoms with E-state index >= 15 is 0 Å². The summed E-state index contributed by atoms with van der Waals surface area (Å²) >= 11 is 11.9. The second-order valence-electron chi connectivity index (χ2n) is 3.35. The van der Waals surface area contributed by atoms with Gasteiger partial charge in [-0.2, -0.15) is 0 Å². The molecule has 3 heteroatoms. The van der Waals surface area contributed by atoms with E-state index in [2.05, 4.69) is 0 Å². The summed E-state index contributed by atoms with van der Waals surface area (Å²) in [4.78, 5) is 0. The van der Waals surface area contributed by atoms with E-state index in [-0.39, 0.29) is 22.8 Å². The molecular weight excluding hydrogens is 171 g/mol. The number of rotatable bonds is 0. The van der Waals surface area contributed by atoms with Gasteiger partial charge in [-0.3, -0.25) is 0 Å². The van der Waals surface area contributed by atoms with Crippen molar-refractivity contribution in [1.29, 1.82) is 0 Å². The zero-order chi connectivity index (χ0) is 7.30. The second kappa shape index (κ2) is 2.26. The lowest BCUT2D eigenvalue weighted by molar-refractivity contribution is 0.117. The van der Waals surface area contributed by atoms with Crippen LogP contribution in [0, 0.1) is 11.8 Å². The fourth-order valence-electron chi connectivity index (χ4n) is 2.19. The SMILES string of the molecule is O[C@H]1C[C@H]2C[C@H]1[C@H](Cl)[C@@H]2Cl. The maximum Gasteiger partial charge on any atom is 0.0586 e. The van der Waals surface area contributed by atoms with Gasteiger partial charge in [-0.1, -0.05) is 0 Å². The van der Waals surface area contributed by atoms with Crippen LogP contribution in [0.5, 0.6) is 0 Å². The van der Waals surface area contributed by atoms with E-state index in [1.165, 1.54) is 0 Å². The number of alkyl halides is 2. The number of aliphatic hydroxyl groups is 1. The van der Waals surface area contributed by atoms with Crippen molar-refractivity contribution >= 4 is 23.2 Å². The molecule has 1 nitrogen and oxygen atoms in total. The van der Waals surface area contributed by atoms with Gasteiger partial charge < -0.3 is 5.11 Å². The van der Waals surface area contributed by atoms with E-state index in [0.29, 0.717) is 5.92 Å². The standard InChI is InChI=1S/C7H10Cl2O/c8-6-3-1-4(7(6)9)5(10)2-3/h3-7,10H,1-2H2/t3-,4-,5+,6-,7+/m1/s1. The Labute approximate surface area is 70.3 Å². The summed E-state index contributed by atoms with van der Waals surface area (Å²) in [5, 5.41) is 9.48. The molecule has 2 aliphatic carbocycles. The summed E-state index contributed by atoms with van der Waals surface area (Å²) in [5.41, 5.74) is 0. The van der Waals surface area contributed by atoms with Crippen LogP contribution in [0.4, 0.5) is 0 Å². The predicted molar refractivity (Wildman–Crippen MR) is 41.5 cm³/mol. The molecule has 0 aliphatic heterocycles. The first kappa shape index (κ1) is 7.20. The highest BCUT2D eigenvalue weighted by atomic mass is 35.5. The number of hydrogen-bond acceptors (Lipinski definition) is 1. The third-order valence-electron chi connectivity index (χ3n) is 2.78. The van der Waals surface area contributed by atoms with E-state index < -0.39 is 0 Å². The van der Waals surface area contributed by atoms with Gasteiger partial charge in [0.05, 0.1) is 16.9 Å². The first-order valence-electron chi connectivity index (χ1n) is 3.66. The molecule has 0 aromatic heterocycles. The van der Waals surface area contributed by atoms with Crippen molar-refractivity contribution < 1.29 is 5.11 Å². The van der Waals surface area contributed by atoms with Gasteiger partial charge in [0.15, 0.2) is 0 Å². The number of halogens is 2. The van der Waals surface area contributed by atoms with E-state index in [4.69, 9.17) is 23.2 Å². The molecule has 1 N–H and O–H groups in total. The predicted octanol–water partition coefficient (Wildman–Crippen LogP) is 1.60. The second-order valence-corrected chi connectivity index (χ2v) is 4.36. The van der Waals surface area contributed by atoms with Crippen LogP contribution in [-0.4, -0.2) is 22.0 Å². The Kier molecular flexibility index (Phi) is 1.63. The normalized spacial score (nSPS) is 59.7. The monoisotopic (exact) mass is 180 g/mol. The lowest BCUT2D eigenvalue weighted by Crippen LogP contribution is -2.32. The molecule has 2 aliphatic rings. The van der Waals surface area contributed by atoms with Crippen molar-refractivity contribution in [3.63, 3.8) is 0 Å². The zero-order valence-corrected chi connectivity index (χ0v) is 7.02.